The van der Waals surface area contributed by atoms with E-state index in [1.165, 1.54) is 0 Å². The number of fused-ring (bicyclic) bond motifs is 1. The third kappa shape index (κ3) is 3.34. The summed E-state index contributed by atoms with van der Waals surface area (Å²) >= 11 is 12.4. The quantitative estimate of drug-likeness (QED) is 0.785. The first-order chi connectivity index (χ1) is 9.95. The minimum Gasteiger partial charge on any atom is -0.461 e. The lowest BCUT2D eigenvalue weighted by atomic mass is 10.2. The maximum absolute atomic E-state index is 12.2. The number of aromatic nitrogens is 1. The molecule has 6 heteroatoms. The Hall–Kier alpha value is -1.23. The average molecular weight is 329 g/mol. The van der Waals surface area contributed by atoms with Crippen LogP contribution < -0.4 is 0 Å². The smallest absolute Gasteiger partial charge is 0.356 e. The number of carbonyl (C=O) groups is 1. The molecule has 0 fully saturated rings. The molecule has 1 heterocycles. The lowest BCUT2D eigenvalue weighted by molar-refractivity contribution is 0.0514. The molecule has 2 aromatic rings. The normalized spacial score (nSPS) is 11.3. The second-order valence-electron chi connectivity index (χ2n) is 5.00. The Morgan fingerprint density at radius 1 is 1.33 bits per heavy atom. The predicted octanol–water partition coefficient (Wildman–Crippen LogP) is 3.69. The number of esters is 1. The zero-order chi connectivity index (χ0) is 15.6. The van der Waals surface area contributed by atoms with Crippen molar-refractivity contribution in [2.75, 3.05) is 27.2 Å². The molecule has 114 valence electrons. The minimum atomic E-state index is -0.409. The van der Waals surface area contributed by atoms with Crippen LogP contribution in [0.5, 0.6) is 0 Å². The van der Waals surface area contributed by atoms with Crippen LogP contribution in [0.1, 0.15) is 17.4 Å². The first-order valence-electron chi connectivity index (χ1n) is 6.74. The largest absolute Gasteiger partial charge is 0.461 e. The van der Waals surface area contributed by atoms with Crippen molar-refractivity contribution in [2.24, 2.45) is 0 Å². The Balaban J connectivity index is 2.59. The fourth-order valence-electron chi connectivity index (χ4n) is 2.22. The van der Waals surface area contributed by atoms with Crippen molar-refractivity contribution < 1.29 is 9.53 Å². The molecule has 0 aliphatic rings. The Morgan fingerprint density at radius 2 is 2.05 bits per heavy atom. The molecule has 0 bridgehead atoms. The summed E-state index contributed by atoms with van der Waals surface area (Å²) in [5, 5.41) is 1.75. The molecule has 0 aliphatic carbocycles. The van der Waals surface area contributed by atoms with E-state index in [9.17, 15) is 4.79 Å². The Labute approximate surface area is 134 Å². The molecule has 0 saturated heterocycles. The van der Waals surface area contributed by atoms with E-state index in [1.807, 2.05) is 29.6 Å². The fraction of sp³-hybridized carbons (Fsp3) is 0.400. The standard InChI is InChI=1S/C15H18Cl2N2O2/c1-4-21-15(20)14-13(17)11-9-10(16)5-6-12(11)19(14)8-7-18(2)3/h5-6,9H,4,7-8H2,1-3H3. The van der Waals surface area contributed by atoms with Crippen molar-refractivity contribution in [3.63, 3.8) is 0 Å². The average Bonchev–Trinajstić information content (AvgIpc) is 2.69. The molecule has 0 N–H and O–H groups in total. The van der Waals surface area contributed by atoms with Gasteiger partial charge in [0.05, 0.1) is 17.1 Å². The van der Waals surface area contributed by atoms with Crippen molar-refractivity contribution in [1.29, 1.82) is 0 Å². The Kier molecular flexibility index (Phi) is 5.14. The maximum Gasteiger partial charge on any atom is 0.356 e. The number of nitrogens with zero attached hydrogens (tertiary/aromatic N) is 2. The topological polar surface area (TPSA) is 34.5 Å². The predicted molar refractivity (Wildman–Crippen MR) is 86.5 cm³/mol. The van der Waals surface area contributed by atoms with E-state index < -0.39 is 5.97 Å². The van der Waals surface area contributed by atoms with E-state index in [1.54, 1.807) is 19.1 Å². The van der Waals surface area contributed by atoms with Gasteiger partial charge in [-0.2, -0.15) is 0 Å². The summed E-state index contributed by atoms with van der Waals surface area (Å²) in [6.07, 6.45) is 0. The van der Waals surface area contributed by atoms with Crippen molar-refractivity contribution in [3.05, 3.63) is 33.9 Å². The van der Waals surface area contributed by atoms with E-state index in [2.05, 4.69) is 0 Å². The van der Waals surface area contributed by atoms with E-state index in [0.29, 0.717) is 28.9 Å². The lowest BCUT2D eigenvalue weighted by Crippen LogP contribution is -2.21. The van der Waals surface area contributed by atoms with E-state index in [-0.39, 0.29) is 0 Å². The highest BCUT2D eigenvalue weighted by Gasteiger charge is 2.22. The van der Waals surface area contributed by atoms with Crippen LogP contribution in [-0.4, -0.2) is 42.7 Å². The molecule has 0 radical (unpaired) electrons. The van der Waals surface area contributed by atoms with Crippen LogP contribution >= 0.6 is 23.2 Å². The van der Waals surface area contributed by atoms with Crippen LogP contribution in [-0.2, 0) is 11.3 Å². The lowest BCUT2D eigenvalue weighted by Gasteiger charge is -2.14. The van der Waals surface area contributed by atoms with Gasteiger partial charge >= 0.3 is 5.97 Å². The van der Waals surface area contributed by atoms with Gasteiger partial charge in [0.15, 0.2) is 0 Å². The van der Waals surface area contributed by atoms with Gasteiger partial charge in [0.2, 0.25) is 0 Å². The molecule has 0 unspecified atom stereocenters. The molecule has 0 atom stereocenters. The summed E-state index contributed by atoms with van der Waals surface area (Å²) in [6.45, 7) is 3.52. The first-order valence-corrected chi connectivity index (χ1v) is 7.50. The van der Waals surface area contributed by atoms with Gasteiger partial charge < -0.3 is 14.2 Å². The van der Waals surface area contributed by atoms with Gasteiger partial charge in [-0.15, -0.1) is 0 Å². The van der Waals surface area contributed by atoms with Gasteiger partial charge in [-0.1, -0.05) is 23.2 Å². The molecule has 4 nitrogen and oxygen atoms in total. The van der Waals surface area contributed by atoms with Crippen molar-refractivity contribution in [3.8, 4) is 0 Å². The van der Waals surface area contributed by atoms with Crippen molar-refractivity contribution >= 4 is 40.1 Å². The summed E-state index contributed by atoms with van der Waals surface area (Å²) in [5.74, 6) is -0.409. The van der Waals surface area contributed by atoms with Gasteiger partial charge in [0.25, 0.3) is 0 Å². The maximum atomic E-state index is 12.2. The summed E-state index contributed by atoms with van der Waals surface area (Å²) in [6, 6.07) is 5.44. The van der Waals surface area contributed by atoms with Crippen molar-refractivity contribution in [2.45, 2.75) is 13.5 Å². The second-order valence-corrected chi connectivity index (χ2v) is 5.81. The van der Waals surface area contributed by atoms with Crippen LogP contribution in [0, 0.1) is 0 Å². The van der Waals surface area contributed by atoms with Gasteiger partial charge in [-0.25, -0.2) is 4.79 Å². The van der Waals surface area contributed by atoms with Crippen LogP contribution in [0.4, 0.5) is 0 Å². The first kappa shape index (κ1) is 16.1. The summed E-state index contributed by atoms with van der Waals surface area (Å²) < 4.78 is 7.02. The second kappa shape index (κ2) is 6.69. The number of hydrogen-bond donors (Lipinski definition) is 0. The SMILES string of the molecule is CCOC(=O)c1c(Cl)c2cc(Cl)ccc2n1CCN(C)C. The van der Waals surface area contributed by atoms with Gasteiger partial charge in [0, 0.05) is 23.5 Å². The number of rotatable bonds is 5. The van der Waals surface area contributed by atoms with Crippen LogP contribution in [0.3, 0.4) is 0 Å². The summed E-state index contributed by atoms with van der Waals surface area (Å²) in [7, 11) is 3.96. The van der Waals surface area contributed by atoms with E-state index in [0.717, 1.165) is 17.4 Å². The van der Waals surface area contributed by atoms with Crippen LogP contribution in [0.15, 0.2) is 18.2 Å². The van der Waals surface area contributed by atoms with E-state index >= 15 is 0 Å². The van der Waals surface area contributed by atoms with E-state index in [4.69, 9.17) is 27.9 Å². The van der Waals surface area contributed by atoms with Crippen LogP contribution in [0.25, 0.3) is 10.9 Å². The summed E-state index contributed by atoms with van der Waals surface area (Å²) in [4.78, 5) is 14.3. The molecular weight excluding hydrogens is 311 g/mol. The molecule has 0 amide bonds. The zero-order valence-electron chi connectivity index (χ0n) is 12.3. The minimum absolute atomic E-state index is 0.311. The fourth-order valence-corrected chi connectivity index (χ4v) is 2.72. The number of halogens is 2. The molecule has 1 aromatic heterocycles. The highest BCUT2D eigenvalue weighted by molar-refractivity contribution is 6.39. The molecule has 0 spiro atoms. The highest BCUT2D eigenvalue weighted by Crippen LogP contribution is 2.33. The summed E-state index contributed by atoms with van der Waals surface area (Å²) in [5.41, 5.74) is 1.27. The highest BCUT2D eigenvalue weighted by atomic mass is 35.5. The number of benzene rings is 1. The third-order valence-electron chi connectivity index (χ3n) is 3.20. The number of ether oxygens (including phenoxy) is 1. The third-order valence-corrected chi connectivity index (χ3v) is 3.82. The molecule has 0 saturated carbocycles. The number of likely N-dealkylation sites (N-methyl/N-ethyl adjacent to an activating group) is 1. The zero-order valence-corrected chi connectivity index (χ0v) is 13.8. The number of carbonyl (C=O) groups excluding carboxylic acids is 1. The molecule has 21 heavy (non-hydrogen) atoms. The monoisotopic (exact) mass is 328 g/mol. The molecular formula is C15H18Cl2N2O2. The van der Waals surface area contributed by atoms with Crippen LogP contribution in [0.2, 0.25) is 10.0 Å². The molecule has 0 aliphatic heterocycles. The molecule has 1 aromatic carbocycles. The molecule has 2 rings (SSSR count). The Bertz CT molecular complexity index is 665. The van der Waals surface area contributed by atoms with Gasteiger partial charge in [-0.05, 0) is 39.2 Å². The Morgan fingerprint density at radius 3 is 2.67 bits per heavy atom. The van der Waals surface area contributed by atoms with Gasteiger partial charge in [-0.3, -0.25) is 0 Å². The number of hydrogen-bond acceptors (Lipinski definition) is 3. The van der Waals surface area contributed by atoms with Gasteiger partial charge in [0.1, 0.15) is 5.69 Å². The van der Waals surface area contributed by atoms with Crippen molar-refractivity contribution in [1.82, 2.24) is 9.47 Å².